The number of halogens is 1. The Morgan fingerprint density at radius 3 is 2.91 bits per heavy atom. The third-order valence-electron chi connectivity index (χ3n) is 4.22. The SMILES string of the molecule is CCCCC/C=C\CC1(OC2CCCCO2)C=C(Cl)C(=O)C1. The Balaban J connectivity index is 1.92. The highest BCUT2D eigenvalue weighted by molar-refractivity contribution is 6.43. The predicted octanol–water partition coefficient (Wildman–Crippen LogP) is 4.89. The van der Waals surface area contributed by atoms with Crippen molar-refractivity contribution in [2.45, 2.75) is 76.6 Å². The molecular formula is C18H27ClO3. The van der Waals surface area contributed by atoms with Gasteiger partial charge in [0.2, 0.25) is 0 Å². The van der Waals surface area contributed by atoms with E-state index in [2.05, 4.69) is 19.1 Å². The molecule has 22 heavy (non-hydrogen) atoms. The standard InChI is InChI=1S/C18H27ClO3/c1-2-3-4-5-6-8-11-18(13-15(19)16(20)14-18)22-17-10-7-9-12-21-17/h6,8,13,17H,2-5,7,9-12,14H2,1H3/b8-6-. The maximum absolute atomic E-state index is 11.9. The van der Waals surface area contributed by atoms with Crippen LogP contribution in [-0.4, -0.2) is 24.3 Å². The molecule has 3 nitrogen and oxygen atoms in total. The molecule has 0 spiro atoms. The lowest BCUT2D eigenvalue weighted by molar-refractivity contribution is -0.209. The number of hydrogen-bond donors (Lipinski definition) is 0. The van der Waals surface area contributed by atoms with Gasteiger partial charge in [-0.05, 0) is 44.6 Å². The Morgan fingerprint density at radius 1 is 1.41 bits per heavy atom. The molecule has 1 heterocycles. The normalized spacial score (nSPS) is 29.3. The molecule has 2 aliphatic rings. The van der Waals surface area contributed by atoms with E-state index < -0.39 is 5.60 Å². The number of ether oxygens (including phenoxy) is 2. The zero-order valence-corrected chi connectivity index (χ0v) is 14.2. The fraction of sp³-hybridized carbons (Fsp3) is 0.722. The first-order valence-electron chi connectivity index (χ1n) is 8.51. The first kappa shape index (κ1) is 17.7. The van der Waals surface area contributed by atoms with Crippen LogP contribution in [0.15, 0.2) is 23.3 Å². The monoisotopic (exact) mass is 326 g/mol. The van der Waals surface area contributed by atoms with Crippen molar-refractivity contribution in [3.63, 3.8) is 0 Å². The van der Waals surface area contributed by atoms with Crippen molar-refractivity contribution in [2.75, 3.05) is 6.61 Å². The number of ketones is 1. The van der Waals surface area contributed by atoms with E-state index in [1.807, 2.05) is 0 Å². The molecule has 2 atom stereocenters. The second-order valence-corrected chi connectivity index (χ2v) is 6.65. The van der Waals surface area contributed by atoms with E-state index >= 15 is 0 Å². The van der Waals surface area contributed by atoms with Gasteiger partial charge in [0.1, 0.15) is 5.60 Å². The molecule has 0 aromatic rings. The minimum Gasteiger partial charge on any atom is -0.353 e. The Morgan fingerprint density at radius 2 is 2.27 bits per heavy atom. The van der Waals surface area contributed by atoms with Crippen LogP contribution in [0.4, 0.5) is 0 Å². The highest BCUT2D eigenvalue weighted by Gasteiger charge is 2.40. The first-order valence-corrected chi connectivity index (χ1v) is 8.89. The second kappa shape index (κ2) is 8.85. The minimum atomic E-state index is -0.614. The lowest BCUT2D eigenvalue weighted by atomic mass is 9.97. The zero-order valence-electron chi connectivity index (χ0n) is 13.5. The van der Waals surface area contributed by atoms with Crippen molar-refractivity contribution >= 4 is 17.4 Å². The lowest BCUT2D eigenvalue weighted by Crippen LogP contribution is -2.36. The van der Waals surface area contributed by atoms with Gasteiger partial charge in [0.05, 0.1) is 5.03 Å². The molecule has 0 aromatic heterocycles. The van der Waals surface area contributed by atoms with Crippen molar-refractivity contribution in [1.29, 1.82) is 0 Å². The van der Waals surface area contributed by atoms with Gasteiger partial charge in [-0.25, -0.2) is 0 Å². The Bertz CT molecular complexity index is 424. The average molecular weight is 327 g/mol. The average Bonchev–Trinajstić information content (AvgIpc) is 2.78. The van der Waals surface area contributed by atoms with Crippen molar-refractivity contribution in [1.82, 2.24) is 0 Å². The number of rotatable bonds is 8. The van der Waals surface area contributed by atoms with E-state index in [1.54, 1.807) is 6.08 Å². The van der Waals surface area contributed by atoms with Crippen molar-refractivity contribution in [3.05, 3.63) is 23.3 Å². The molecule has 1 aliphatic heterocycles. The van der Waals surface area contributed by atoms with Crippen LogP contribution in [0.25, 0.3) is 0 Å². The topological polar surface area (TPSA) is 35.5 Å². The molecular weight excluding hydrogens is 300 g/mol. The fourth-order valence-electron chi connectivity index (χ4n) is 2.95. The Labute approximate surface area is 138 Å². The second-order valence-electron chi connectivity index (χ2n) is 6.24. The Kier molecular flexibility index (Phi) is 7.13. The first-order chi connectivity index (χ1) is 10.7. The van der Waals surface area contributed by atoms with Gasteiger partial charge in [-0.3, -0.25) is 4.79 Å². The van der Waals surface area contributed by atoms with E-state index in [1.165, 1.54) is 19.3 Å². The molecule has 2 unspecified atom stereocenters. The van der Waals surface area contributed by atoms with Crippen LogP contribution < -0.4 is 0 Å². The lowest BCUT2D eigenvalue weighted by Gasteiger charge is -2.33. The summed E-state index contributed by atoms with van der Waals surface area (Å²) in [6, 6.07) is 0. The van der Waals surface area contributed by atoms with Crippen LogP contribution in [0.1, 0.15) is 64.7 Å². The minimum absolute atomic E-state index is 0.0307. The molecule has 0 amide bonds. The van der Waals surface area contributed by atoms with Crippen molar-refractivity contribution in [2.24, 2.45) is 0 Å². The summed E-state index contributed by atoms with van der Waals surface area (Å²) >= 11 is 6.01. The van der Waals surface area contributed by atoms with Crippen LogP contribution in [0, 0.1) is 0 Å². The summed E-state index contributed by atoms with van der Waals surface area (Å²) in [6.07, 6.45) is 14.7. The van der Waals surface area contributed by atoms with E-state index in [9.17, 15) is 4.79 Å². The summed E-state index contributed by atoms with van der Waals surface area (Å²) in [4.78, 5) is 11.9. The maximum atomic E-state index is 11.9. The molecule has 0 N–H and O–H groups in total. The van der Waals surface area contributed by atoms with E-state index in [0.717, 1.165) is 32.3 Å². The summed E-state index contributed by atoms with van der Waals surface area (Å²) < 4.78 is 11.8. The molecule has 0 radical (unpaired) electrons. The van der Waals surface area contributed by atoms with Crippen LogP contribution in [0.3, 0.4) is 0 Å². The Hall–Kier alpha value is -0.640. The molecule has 0 aromatic carbocycles. The fourth-order valence-corrected chi connectivity index (χ4v) is 3.22. The third kappa shape index (κ3) is 5.22. The molecule has 124 valence electrons. The molecule has 2 rings (SSSR count). The van der Waals surface area contributed by atoms with Crippen LogP contribution in [0.2, 0.25) is 0 Å². The number of unbranched alkanes of at least 4 members (excludes halogenated alkanes) is 3. The van der Waals surface area contributed by atoms with Gasteiger partial charge in [-0.1, -0.05) is 43.5 Å². The van der Waals surface area contributed by atoms with Crippen LogP contribution >= 0.6 is 11.6 Å². The summed E-state index contributed by atoms with van der Waals surface area (Å²) in [5.74, 6) is -0.0307. The molecule has 0 saturated carbocycles. The molecule has 1 saturated heterocycles. The van der Waals surface area contributed by atoms with Crippen LogP contribution in [0.5, 0.6) is 0 Å². The number of carbonyl (C=O) groups is 1. The van der Waals surface area contributed by atoms with E-state index in [0.29, 0.717) is 17.9 Å². The van der Waals surface area contributed by atoms with Gasteiger partial charge in [-0.15, -0.1) is 0 Å². The smallest absolute Gasteiger partial charge is 0.177 e. The van der Waals surface area contributed by atoms with E-state index in [-0.39, 0.29) is 12.1 Å². The number of carbonyl (C=O) groups excluding carboxylic acids is 1. The number of Topliss-reactive ketones (excluding diaryl/α,β-unsaturated/α-hetero) is 1. The number of allylic oxidation sites excluding steroid dienone is 2. The van der Waals surface area contributed by atoms with Gasteiger partial charge >= 0.3 is 0 Å². The van der Waals surface area contributed by atoms with Gasteiger partial charge in [-0.2, -0.15) is 0 Å². The number of hydrogen-bond acceptors (Lipinski definition) is 3. The highest BCUT2D eigenvalue weighted by atomic mass is 35.5. The quantitative estimate of drug-likeness (QED) is 0.470. The maximum Gasteiger partial charge on any atom is 0.177 e. The molecule has 0 bridgehead atoms. The third-order valence-corrected chi connectivity index (χ3v) is 4.54. The summed E-state index contributed by atoms with van der Waals surface area (Å²) in [5, 5.41) is 0.301. The van der Waals surface area contributed by atoms with Gasteiger partial charge < -0.3 is 9.47 Å². The van der Waals surface area contributed by atoms with E-state index in [4.69, 9.17) is 21.1 Å². The molecule has 1 fully saturated rings. The zero-order chi connectivity index (χ0) is 15.8. The van der Waals surface area contributed by atoms with Crippen LogP contribution in [-0.2, 0) is 14.3 Å². The molecule has 1 aliphatic carbocycles. The summed E-state index contributed by atoms with van der Waals surface area (Å²) in [5.41, 5.74) is -0.614. The predicted molar refractivity (Wildman–Crippen MR) is 88.9 cm³/mol. The van der Waals surface area contributed by atoms with Crippen molar-refractivity contribution in [3.8, 4) is 0 Å². The van der Waals surface area contributed by atoms with Gasteiger partial charge in [0.25, 0.3) is 0 Å². The highest BCUT2D eigenvalue weighted by Crippen LogP contribution is 2.36. The largest absolute Gasteiger partial charge is 0.353 e. The molecule has 4 heteroatoms. The van der Waals surface area contributed by atoms with Crippen molar-refractivity contribution < 1.29 is 14.3 Å². The summed E-state index contributed by atoms with van der Waals surface area (Å²) in [7, 11) is 0. The van der Waals surface area contributed by atoms with Gasteiger partial charge in [0, 0.05) is 13.0 Å². The van der Waals surface area contributed by atoms with Gasteiger partial charge in [0.15, 0.2) is 12.1 Å². The summed E-state index contributed by atoms with van der Waals surface area (Å²) in [6.45, 7) is 2.94.